The number of hydrazine groups is 1. The number of amides is 4. The molecule has 4 rings (SSSR count). The first kappa shape index (κ1) is 29.1. The van der Waals surface area contributed by atoms with E-state index in [1.807, 2.05) is 44.2 Å². The van der Waals surface area contributed by atoms with Crippen LogP contribution in [0.1, 0.15) is 31.4 Å². The summed E-state index contributed by atoms with van der Waals surface area (Å²) in [6, 6.07) is 14.5. The zero-order chi connectivity index (χ0) is 28.6. The SMILES string of the molecule is C#CCN1CC(=O)N2C(C(C)CC)C(=O)N(CCOCc3cccc(F)c3)CC2N1C(=O)NCc1ccccc1. The molecule has 40 heavy (non-hydrogen) atoms. The van der Waals surface area contributed by atoms with Crippen molar-refractivity contribution in [3.05, 3.63) is 71.5 Å². The Kier molecular flexibility index (Phi) is 9.74. The van der Waals surface area contributed by atoms with Crippen LogP contribution in [0, 0.1) is 24.1 Å². The summed E-state index contributed by atoms with van der Waals surface area (Å²) >= 11 is 0. The molecular formula is C30H36FN5O4. The minimum absolute atomic E-state index is 0.0630. The third-order valence-electron chi connectivity index (χ3n) is 7.38. The molecule has 212 valence electrons. The summed E-state index contributed by atoms with van der Waals surface area (Å²) in [5, 5.41) is 6.00. The monoisotopic (exact) mass is 549 g/mol. The zero-order valence-electron chi connectivity index (χ0n) is 23.0. The van der Waals surface area contributed by atoms with Gasteiger partial charge in [-0.15, -0.1) is 6.42 Å². The van der Waals surface area contributed by atoms with Crippen molar-refractivity contribution in [3.8, 4) is 12.3 Å². The van der Waals surface area contributed by atoms with Crippen molar-refractivity contribution in [2.24, 2.45) is 5.92 Å². The van der Waals surface area contributed by atoms with Crippen molar-refractivity contribution in [1.29, 1.82) is 0 Å². The molecule has 1 N–H and O–H groups in total. The van der Waals surface area contributed by atoms with Gasteiger partial charge >= 0.3 is 6.03 Å². The minimum atomic E-state index is -0.731. The third kappa shape index (κ3) is 6.61. The number of carbonyl (C=O) groups is 3. The summed E-state index contributed by atoms with van der Waals surface area (Å²) in [6.45, 7) is 4.95. The van der Waals surface area contributed by atoms with Gasteiger partial charge in [0.15, 0.2) is 0 Å². The summed E-state index contributed by atoms with van der Waals surface area (Å²) in [5.41, 5.74) is 1.62. The highest BCUT2D eigenvalue weighted by Crippen LogP contribution is 2.30. The first-order chi connectivity index (χ1) is 19.3. The molecule has 2 heterocycles. The van der Waals surface area contributed by atoms with E-state index in [9.17, 15) is 18.8 Å². The van der Waals surface area contributed by atoms with Gasteiger partial charge in [0.05, 0.1) is 32.8 Å². The number of benzene rings is 2. The number of terminal acetylenes is 1. The maximum Gasteiger partial charge on any atom is 0.334 e. The Labute approximate surface area is 234 Å². The fourth-order valence-electron chi connectivity index (χ4n) is 5.18. The van der Waals surface area contributed by atoms with Crippen molar-refractivity contribution >= 4 is 17.8 Å². The second-order valence-electron chi connectivity index (χ2n) is 10.1. The lowest BCUT2D eigenvalue weighted by molar-refractivity contribution is -0.192. The summed E-state index contributed by atoms with van der Waals surface area (Å²) in [7, 11) is 0. The lowest BCUT2D eigenvalue weighted by atomic mass is 9.92. The molecule has 2 aromatic carbocycles. The smallest absolute Gasteiger partial charge is 0.334 e. The number of rotatable bonds is 10. The van der Waals surface area contributed by atoms with Crippen LogP contribution >= 0.6 is 0 Å². The molecule has 0 aliphatic carbocycles. The van der Waals surface area contributed by atoms with Gasteiger partial charge in [-0.05, 0) is 29.2 Å². The summed E-state index contributed by atoms with van der Waals surface area (Å²) in [5.74, 6) is 1.65. The van der Waals surface area contributed by atoms with E-state index in [1.165, 1.54) is 17.1 Å². The van der Waals surface area contributed by atoms with Gasteiger partial charge in [-0.2, -0.15) is 5.01 Å². The van der Waals surface area contributed by atoms with Crippen LogP contribution in [0.4, 0.5) is 9.18 Å². The van der Waals surface area contributed by atoms with Gasteiger partial charge in [-0.3, -0.25) is 9.59 Å². The van der Waals surface area contributed by atoms with E-state index in [2.05, 4.69) is 11.2 Å². The van der Waals surface area contributed by atoms with Crippen molar-refractivity contribution in [2.45, 2.75) is 45.6 Å². The zero-order valence-corrected chi connectivity index (χ0v) is 23.0. The Morgan fingerprint density at radius 3 is 2.62 bits per heavy atom. The highest BCUT2D eigenvalue weighted by Gasteiger charge is 2.52. The van der Waals surface area contributed by atoms with Crippen LogP contribution in [-0.2, 0) is 27.5 Å². The molecule has 4 amide bonds. The molecule has 0 radical (unpaired) electrons. The van der Waals surface area contributed by atoms with Crippen molar-refractivity contribution in [1.82, 2.24) is 25.1 Å². The van der Waals surface area contributed by atoms with Crippen molar-refractivity contribution in [3.63, 3.8) is 0 Å². The molecule has 2 aromatic rings. The number of urea groups is 1. The van der Waals surface area contributed by atoms with Gasteiger partial charge < -0.3 is 19.9 Å². The molecule has 3 unspecified atom stereocenters. The number of halogens is 1. The number of nitrogens with zero attached hydrogens (tertiary/aromatic N) is 4. The second kappa shape index (κ2) is 13.4. The quantitative estimate of drug-likeness (QED) is 0.364. The first-order valence-electron chi connectivity index (χ1n) is 13.6. The van der Waals surface area contributed by atoms with Crippen LogP contribution < -0.4 is 5.32 Å². The molecule has 3 atom stereocenters. The molecule has 0 saturated carbocycles. The number of piperazine rings is 1. The van der Waals surface area contributed by atoms with Gasteiger partial charge in [0.25, 0.3) is 0 Å². The topological polar surface area (TPSA) is 85.4 Å². The standard InChI is InChI=1S/C30H36FN5O4/c1-4-14-34-20-27(37)35-26(36(34)30(39)32-18-23-10-7-6-8-11-23)19-33(29(38)28(35)22(3)5-2)15-16-40-21-24-12-9-13-25(31)17-24/h1,6-13,17,22,26,28H,5,14-16,18-21H2,2-3H3,(H,32,39). The van der Waals surface area contributed by atoms with E-state index < -0.39 is 18.2 Å². The average Bonchev–Trinajstić information content (AvgIpc) is 2.95. The highest BCUT2D eigenvalue weighted by molar-refractivity contribution is 5.91. The number of hydrogen-bond acceptors (Lipinski definition) is 5. The predicted molar refractivity (Wildman–Crippen MR) is 147 cm³/mol. The molecule has 0 spiro atoms. The molecule has 2 saturated heterocycles. The lowest BCUT2D eigenvalue weighted by Gasteiger charge is -2.55. The Morgan fingerprint density at radius 1 is 1.18 bits per heavy atom. The van der Waals surface area contributed by atoms with Crippen LogP contribution in [0.3, 0.4) is 0 Å². The second-order valence-corrected chi connectivity index (χ2v) is 10.1. The minimum Gasteiger partial charge on any atom is -0.375 e. The molecule has 0 bridgehead atoms. The molecule has 0 aromatic heterocycles. The Hall–Kier alpha value is -3.94. The number of ether oxygens (including phenoxy) is 1. The van der Waals surface area contributed by atoms with Crippen LogP contribution in [0.25, 0.3) is 0 Å². The third-order valence-corrected chi connectivity index (χ3v) is 7.38. The van der Waals surface area contributed by atoms with E-state index in [4.69, 9.17) is 11.2 Å². The molecule has 9 nitrogen and oxygen atoms in total. The van der Waals surface area contributed by atoms with Gasteiger partial charge in [0.1, 0.15) is 18.0 Å². The Bertz CT molecular complexity index is 1240. The van der Waals surface area contributed by atoms with Crippen molar-refractivity contribution < 1.29 is 23.5 Å². The molecular weight excluding hydrogens is 513 g/mol. The summed E-state index contributed by atoms with van der Waals surface area (Å²) in [6.07, 6.45) is 5.55. The van der Waals surface area contributed by atoms with Gasteiger partial charge in [0, 0.05) is 13.1 Å². The highest BCUT2D eigenvalue weighted by atomic mass is 19.1. The van der Waals surface area contributed by atoms with E-state index in [0.29, 0.717) is 18.5 Å². The van der Waals surface area contributed by atoms with E-state index >= 15 is 0 Å². The Balaban J connectivity index is 1.54. The van der Waals surface area contributed by atoms with Gasteiger partial charge in [0.2, 0.25) is 11.8 Å². The maximum absolute atomic E-state index is 13.7. The normalized spacial score (nSPS) is 20.2. The van der Waals surface area contributed by atoms with Crippen LogP contribution in [-0.4, -0.2) is 82.7 Å². The van der Waals surface area contributed by atoms with Crippen LogP contribution in [0.15, 0.2) is 54.6 Å². The summed E-state index contributed by atoms with van der Waals surface area (Å²) < 4.78 is 19.3. The average molecular weight is 550 g/mol. The largest absolute Gasteiger partial charge is 0.375 e. The first-order valence-corrected chi connectivity index (χ1v) is 13.6. The fraction of sp³-hybridized carbons (Fsp3) is 0.433. The molecule has 2 aliphatic heterocycles. The van der Waals surface area contributed by atoms with Gasteiger partial charge in [-0.1, -0.05) is 68.7 Å². The maximum atomic E-state index is 13.7. The number of nitrogens with one attached hydrogen (secondary N) is 1. The predicted octanol–water partition coefficient (Wildman–Crippen LogP) is 2.83. The summed E-state index contributed by atoms with van der Waals surface area (Å²) in [4.78, 5) is 43.9. The van der Waals surface area contributed by atoms with Gasteiger partial charge in [-0.25, -0.2) is 14.2 Å². The number of fused-ring (bicyclic) bond motifs is 1. The number of hydrogen-bond donors (Lipinski definition) is 1. The van der Waals surface area contributed by atoms with E-state index in [1.54, 1.807) is 26.9 Å². The van der Waals surface area contributed by atoms with Crippen LogP contribution in [0.2, 0.25) is 0 Å². The van der Waals surface area contributed by atoms with Crippen molar-refractivity contribution in [2.75, 3.05) is 32.8 Å². The lowest BCUT2D eigenvalue weighted by Crippen LogP contribution is -2.77. The van der Waals surface area contributed by atoms with Crippen LogP contribution in [0.5, 0.6) is 0 Å². The molecule has 2 aliphatic rings. The van der Waals surface area contributed by atoms with E-state index in [0.717, 1.165) is 5.56 Å². The Morgan fingerprint density at radius 2 is 1.93 bits per heavy atom. The molecule has 2 fully saturated rings. The van der Waals surface area contributed by atoms with E-state index in [-0.39, 0.29) is 62.9 Å². The molecule has 10 heteroatoms. The fourth-order valence-corrected chi connectivity index (χ4v) is 5.18. The number of carbonyl (C=O) groups excluding carboxylic acids is 3.